The number of hydrogen-bond donors (Lipinski definition) is 1. The molecule has 0 aliphatic heterocycles. The summed E-state index contributed by atoms with van der Waals surface area (Å²) in [5, 5.41) is 3.17. The molecule has 5 nitrogen and oxygen atoms in total. The molecule has 0 saturated carbocycles. The maximum absolute atomic E-state index is 11.7. The number of carbonyl (C=O) groups excluding carboxylic acids is 2. The molecule has 1 N–H and O–H groups in total. The summed E-state index contributed by atoms with van der Waals surface area (Å²) in [4.78, 5) is 23.3. The Morgan fingerprint density at radius 2 is 1.85 bits per heavy atom. The third-order valence-electron chi connectivity index (χ3n) is 2.62. The number of amides is 1. The summed E-state index contributed by atoms with van der Waals surface area (Å²) in [5.41, 5.74) is 0. The molecule has 0 bridgehead atoms. The van der Waals surface area contributed by atoms with Crippen LogP contribution in [0.3, 0.4) is 0 Å². The van der Waals surface area contributed by atoms with Gasteiger partial charge in [-0.25, -0.2) is 4.79 Å². The monoisotopic (exact) mass is 299 g/mol. The zero-order chi connectivity index (χ0) is 15.1. The number of esters is 1. The molecule has 1 rings (SSSR count). The predicted octanol–water partition coefficient (Wildman–Crippen LogP) is 2.03. The zero-order valence-corrected chi connectivity index (χ0v) is 12.4. The number of hydrogen-bond acceptors (Lipinski definition) is 4. The summed E-state index contributed by atoms with van der Waals surface area (Å²) in [7, 11) is 1.29. The molecule has 0 spiro atoms. The van der Waals surface area contributed by atoms with Crippen molar-refractivity contribution in [2.24, 2.45) is 5.92 Å². The van der Waals surface area contributed by atoms with Crippen LogP contribution in [0.5, 0.6) is 5.75 Å². The van der Waals surface area contributed by atoms with Crippen molar-refractivity contribution < 1.29 is 19.1 Å². The number of rotatable bonds is 6. The van der Waals surface area contributed by atoms with Gasteiger partial charge in [-0.05, 0) is 30.2 Å². The Hall–Kier alpha value is -1.75. The number of ether oxygens (including phenoxy) is 2. The second-order valence-corrected chi connectivity index (χ2v) is 4.99. The number of carbonyl (C=O) groups is 2. The van der Waals surface area contributed by atoms with Crippen molar-refractivity contribution in [3.05, 3.63) is 29.3 Å². The topological polar surface area (TPSA) is 64.6 Å². The van der Waals surface area contributed by atoms with E-state index in [1.165, 1.54) is 7.11 Å². The summed E-state index contributed by atoms with van der Waals surface area (Å²) in [5.74, 6) is -0.394. The minimum atomic E-state index is -0.679. The maximum atomic E-state index is 11.7. The Balaban J connectivity index is 2.49. The third-order valence-corrected chi connectivity index (χ3v) is 2.87. The average Bonchev–Trinajstić information content (AvgIpc) is 2.43. The zero-order valence-electron chi connectivity index (χ0n) is 11.7. The Morgan fingerprint density at radius 1 is 1.25 bits per heavy atom. The van der Waals surface area contributed by atoms with Gasteiger partial charge in [0.25, 0.3) is 5.91 Å². The molecular formula is C14H18ClNO4. The first-order valence-electron chi connectivity index (χ1n) is 6.19. The van der Waals surface area contributed by atoms with Gasteiger partial charge in [0.15, 0.2) is 6.61 Å². The Kier molecular flexibility index (Phi) is 6.31. The van der Waals surface area contributed by atoms with Crippen molar-refractivity contribution in [1.82, 2.24) is 5.32 Å². The minimum Gasteiger partial charge on any atom is -0.484 e. The molecule has 0 saturated heterocycles. The molecule has 0 fully saturated rings. The average molecular weight is 300 g/mol. The van der Waals surface area contributed by atoms with Crippen LogP contribution >= 0.6 is 11.6 Å². The summed E-state index contributed by atoms with van der Waals surface area (Å²) >= 11 is 5.74. The summed E-state index contributed by atoms with van der Waals surface area (Å²) in [6, 6.07) is 5.98. The summed E-state index contributed by atoms with van der Waals surface area (Å²) in [6.45, 7) is 3.46. The van der Waals surface area contributed by atoms with Gasteiger partial charge in [-0.15, -0.1) is 0 Å². The van der Waals surface area contributed by atoms with Gasteiger partial charge in [-0.2, -0.15) is 0 Å². The molecule has 20 heavy (non-hydrogen) atoms. The lowest BCUT2D eigenvalue weighted by molar-refractivity contribution is -0.146. The van der Waals surface area contributed by atoms with E-state index < -0.39 is 12.0 Å². The molecular weight excluding hydrogens is 282 g/mol. The third kappa shape index (κ3) is 5.09. The lowest BCUT2D eigenvalue weighted by atomic mass is 10.0. The highest BCUT2D eigenvalue weighted by Crippen LogP contribution is 2.15. The molecule has 1 atom stereocenters. The molecule has 0 heterocycles. The lowest BCUT2D eigenvalue weighted by Crippen LogP contribution is -2.46. The fourth-order valence-electron chi connectivity index (χ4n) is 1.52. The second-order valence-electron chi connectivity index (χ2n) is 4.55. The van der Waals surface area contributed by atoms with E-state index in [0.29, 0.717) is 10.8 Å². The first-order valence-corrected chi connectivity index (χ1v) is 6.57. The highest BCUT2D eigenvalue weighted by atomic mass is 35.5. The van der Waals surface area contributed by atoms with Crippen molar-refractivity contribution in [2.45, 2.75) is 19.9 Å². The standard InChI is InChI=1S/C14H18ClNO4/c1-9(2)13(14(18)19-3)16-12(17)8-20-11-6-4-10(15)5-7-11/h4-7,9,13H,8H2,1-3H3,(H,16,17). The molecule has 0 aromatic heterocycles. The van der Waals surface area contributed by atoms with E-state index in [0.717, 1.165) is 0 Å². The quantitative estimate of drug-likeness (QED) is 0.816. The van der Waals surface area contributed by atoms with Gasteiger partial charge in [0.05, 0.1) is 7.11 Å². The number of benzene rings is 1. The molecule has 1 aromatic rings. The van der Waals surface area contributed by atoms with Gasteiger partial charge in [-0.3, -0.25) is 4.79 Å². The maximum Gasteiger partial charge on any atom is 0.328 e. The van der Waals surface area contributed by atoms with E-state index in [4.69, 9.17) is 16.3 Å². The van der Waals surface area contributed by atoms with Gasteiger partial charge in [0.2, 0.25) is 0 Å². The van der Waals surface area contributed by atoms with Crippen molar-refractivity contribution in [2.75, 3.05) is 13.7 Å². The normalized spacial score (nSPS) is 11.8. The van der Waals surface area contributed by atoms with Crippen LogP contribution in [0.25, 0.3) is 0 Å². The van der Waals surface area contributed by atoms with E-state index in [2.05, 4.69) is 10.1 Å². The molecule has 110 valence electrons. The van der Waals surface area contributed by atoms with Crippen LogP contribution in [0.2, 0.25) is 5.02 Å². The molecule has 1 unspecified atom stereocenters. The van der Waals surface area contributed by atoms with E-state index in [-0.39, 0.29) is 18.4 Å². The van der Waals surface area contributed by atoms with Gasteiger partial charge in [0.1, 0.15) is 11.8 Å². The smallest absolute Gasteiger partial charge is 0.328 e. The van der Waals surface area contributed by atoms with Crippen molar-refractivity contribution in [3.63, 3.8) is 0 Å². The minimum absolute atomic E-state index is 0.0677. The highest BCUT2D eigenvalue weighted by molar-refractivity contribution is 6.30. The second kappa shape index (κ2) is 7.75. The van der Waals surface area contributed by atoms with Crippen LogP contribution in [0, 0.1) is 5.92 Å². The SMILES string of the molecule is COC(=O)C(NC(=O)COc1ccc(Cl)cc1)C(C)C. The van der Waals surface area contributed by atoms with Crippen LogP contribution in [-0.2, 0) is 14.3 Å². The van der Waals surface area contributed by atoms with E-state index in [9.17, 15) is 9.59 Å². The molecule has 1 aromatic carbocycles. The highest BCUT2D eigenvalue weighted by Gasteiger charge is 2.24. The predicted molar refractivity (Wildman–Crippen MR) is 75.7 cm³/mol. The van der Waals surface area contributed by atoms with E-state index >= 15 is 0 Å². The molecule has 0 aliphatic rings. The van der Waals surface area contributed by atoms with Crippen LogP contribution in [0.15, 0.2) is 24.3 Å². The fourth-order valence-corrected chi connectivity index (χ4v) is 1.65. The molecule has 1 amide bonds. The van der Waals surface area contributed by atoms with Gasteiger partial charge >= 0.3 is 5.97 Å². The number of methoxy groups -OCH3 is 1. The van der Waals surface area contributed by atoms with E-state index in [1.54, 1.807) is 24.3 Å². The fraction of sp³-hybridized carbons (Fsp3) is 0.429. The number of halogens is 1. The summed E-state index contributed by atoms with van der Waals surface area (Å²) in [6.07, 6.45) is 0. The Labute approximate surface area is 123 Å². The largest absolute Gasteiger partial charge is 0.484 e. The first-order chi connectivity index (χ1) is 9.43. The first kappa shape index (κ1) is 16.3. The van der Waals surface area contributed by atoms with Crippen molar-refractivity contribution >= 4 is 23.5 Å². The van der Waals surface area contributed by atoms with Crippen molar-refractivity contribution in [1.29, 1.82) is 0 Å². The van der Waals surface area contributed by atoms with Gasteiger partial charge in [0, 0.05) is 5.02 Å². The number of nitrogens with one attached hydrogen (secondary N) is 1. The Morgan fingerprint density at radius 3 is 2.35 bits per heavy atom. The van der Waals surface area contributed by atoms with Crippen LogP contribution in [0.4, 0.5) is 0 Å². The Bertz CT molecular complexity index is 459. The summed E-state index contributed by atoms with van der Waals surface area (Å²) < 4.78 is 9.94. The van der Waals surface area contributed by atoms with Gasteiger partial charge < -0.3 is 14.8 Å². The van der Waals surface area contributed by atoms with Crippen LogP contribution < -0.4 is 10.1 Å². The lowest BCUT2D eigenvalue weighted by Gasteiger charge is -2.19. The molecule has 6 heteroatoms. The van der Waals surface area contributed by atoms with Crippen LogP contribution in [-0.4, -0.2) is 31.6 Å². The van der Waals surface area contributed by atoms with Crippen molar-refractivity contribution in [3.8, 4) is 5.75 Å². The van der Waals surface area contributed by atoms with E-state index in [1.807, 2.05) is 13.8 Å². The molecule has 0 radical (unpaired) electrons. The van der Waals surface area contributed by atoms with Gasteiger partial charge in [-0.1, -0.05) is 25.4 Å². The van der Waals surface area contributed by atoms with Crippen LogP contribution in [0.1, 0.15) is 13.8 Å². The molecule has 0 aliphatic carbocycles.